The van der Waals surface area contributed by atoms with E-state index < -0.39 is 0 Å². The van der Waals surface area contributed by atoms with Crippen molar-refractivity contribution in [3.63, 3.8) is 0 Å². The first-order chi connectivity index (χ1) is 7.95. The zero-order valence-corrected chi connectivity index (χ0v) is 10.9. The molecule has 0 radical (unpaired) electrons. The minimum atomic E-state index is 0.136. The summed E-state index contributed by atoms with van der Waals surface area (Å²) in [5.41, 5.74) is 1.33. The molecule has 0 fully saturated rings. The summed E-state index contributed by atoms with van der Waals surface area (Å²) in [4.78, 5) is 2.21. The molecule has 2 aromatic rings. The van der Waals surface area contributed by atoms with Gasteiger partial charge in [0, 0.05) is 0 Å². The zero-order chi connectivity index (χ0) is 11.1. The molecule has 2 heteroatoms. The van der Waals surface area contributed by atoms with E-state index in [1.807, 2.05) is 6.07 Å². The monoisotopic (exact) mass is 271 g/mol. The normalized spacial score (nSPS) is 10.8. The molecule has 0 saturated heterocycles. The van der Waals surface area contributed by atoms with Gasteiger partial charge in [0.1, 0.15) is 0 Å². The Morgan fingerprint density at radius 3 is 2.19 bits per heavy atom. The van der Waals surface area contributed by atoms with Crippen molar-refractivity contribution in [3.05, 3.63) is 66.2 Å². The molecule has 0 heterocycles. The Hall–Kier alpha value is -1.17. The van der Waals surface area contributed by atoms with Crippen molar-refractivity contribution in [2.24, 2.45) is 0 Å². The van der Waals surface area contributed by atoms with E-state index in [2.05, 4.69) is 64.8 Å². The van der Waals surface area contributed by atoms with Gasteiger partial charge < -0.3 is 0 Å². The maximum atomic E-state index is 3.37. The molecule has 0 aliphatic carbocycles. The third kappa shape index (κ3) is 3.77. The van der Waals surface area contributed by atoms with Gasteiger partial charge in [-0.2, -0.15) is 0 Å². The van der Waals surface area contributed by atoms with Gasteiger partial charge in [-0.15, -0.1) is 0 Å². The van der Waals surface area contributed by atoms with E-state index >= 15 is 0 Å². The third-order valence-corrected chi connectivity index (χ3v) is 4.12. The van der Waals surface area contributed by atoms with Crippen LogP contribution in [0.2, 0.25) is 0 Å². The molecule has 1 nitrogen and oxygen atoms in total. The molecule has 0 bridgehead atoms. The van der Waals surface area contributed by atoms with Gasteiger partial charge >= 0.3 is 103 Å². The van der Waals surface area contributed by atoms with Crippen molar-refractivity contribution in [2.45, 2.75) is 6.54 Å². The quantitative estimate of drug-likeness (QED) is 0.832. The van der Waals surface area contributed by atoms with Crippen LogP contribution in [0.15, 0.2) is 60.7 Å². The van der Waals surface area contributed by atoms with Crippen molar-refractivity contribution >= 4 is 24.6 Å². The van der Waals surface area contributed by atoms with E-state index in [1.54, 1.807) is 0 Å². The molecule has 16 heavy (non-hydrogen) atoms. The first-order valence-corrected chi connectivity index (χ1v) is 7.32. The van der Waals surface area contributed by atoms with Crippen LogP contribution in [-0.4, -0.2) is 20.2 Å². The number of rotatable bonds is 4. The van der Waals surface area contributed by atoms with Gasteiger partial charge in [-0.05, 0) is 0 Å². The van der Waals surface area contributed by atoms with Crippen LogP contribution in [0.3, 0.4) is 0 Å². The average molecular weight is 271 g/mol. The van der Waals surface area contributed by atoms with Gasteiger partial charge in [0.2, 0.25) is 0 Å². The van der Waals surface area contributed by atoms with Crippen LogP contribution in [0.1, 0.15) is 5.56 Å². The molecule has 0 amide bonds. The van der Waals surface area contributed by atoms with E-state index in [0.717, 1.165) is 6.54 Å². The standard InChI is InChI=1S/C14H14AsN/c1-3-7-13(8-4-1)11-16-12-15-14-9-5-2-6-10-14/h1-10,12,16H,11H2. The summed E-state index contributed by atoms with van der Waals surface area (Å²) in [5, 5.41) is 3.37. The molecular weight excluding hydrogens is 257 g/mol. The van der Waals surface area contributed by atoms with Crippen molar-refractivity contribution < 1.29 is 0 Å². The SMILES string of the molecule is C(NCc1ccccc1)=[As]c1ccccc1. The Kier molecular flexibility index (Phi) is 4.54. The second-order valence-electron chi connectivity index (χ2n) is 3.46. The van der Waals surface area contributed by atoms with Crippen molar-refractivity contribution in [3.8, 4) is 0 Å². The van der Waals surface area contributed by atoms with Crippen LogP contribution in [0.4, 0.5) is 0 Å². The summed E-state index contributed by atoms with van der Waals surface area (Å²) in [6, 6.07) is 21.1. The van der Waals surface area contributed by atoms with Crippen LogP contribution in [0, 0.1) is 0 Å². The van der Waals surface area contributed by atoms with Gasteiger partial charge in [-0.3, -0.25) is 0 Å². The fourth-order valence-corrected chi connectivity index (χ4v) is 2.81. The summed E-state index contributed by atoms with van der Waals surface area (Å²) < 4.78 is 1.43. The second kappa shape index (κ2) is 6.42. The first-order valence-electron chi connectivity index (χ1n) is 5.30. The molecule has 1 N–H and O–H groups in total. The predicted molar refractivity (Wildman–Crippen MR) is 71.2 cm³/mol. The van der Waals surface area contributed by atoms with Crippen LogP contribution >= 0.6 is 0 Å². The molecule has 0 aliphatic rings. The maximum absolute atomic E-state index is 3.37. The van der Waals surface area contributed by atoms with Gasteiger partial charge in [-0.1, -0.05) is 0 Å². The molecule has 0 unspecified atom stereocenters. The van der Waals surface area contributed by atoms with Crippen LogP contribution in [-0.2, 0) is 6.54 Å². The molecule has 80 valence electrons. The van der Waals surface area contributed by atoms with Crippen LogP contribution in [0.25, 0.3) is 0 Å². The fourth-order valence-electron chi connectivity index (χ4n) is 1.39. The molecule has 0 saturated carbocycles. The molecule has 0 spiro atoms. The zero-order valence-electron chi connectivity index (χ0n) is 9.01. The van der Waals surface area contributed by atoms with E-state index in [4.69, 9.17) is 0 Å². The van der Waals surface area contributed by atoms with Crippen molar-refractivity contribution in [2.75, 3.05) is 0 Å². The van der Waals surface area contributed by atoms with Crippen LogP contribution < -0.4 is 9.67 Å². The molecule has 0 atom stereocenters. The third-order valence-electron chi connectivity index (χ3n) is 2.21. The van der Waals surface area contributed by atoms with Gasteiger partial charge in [0.05, 0.1) is 0 Å². The Labute approximate surface area is 103 Å². The summed E-state index contributed by atoms with van der Waals surface area (Å²) in [6.07, 6.45) is 0. The Balaban J connectivity index is 1.83. The summed E-state index contributed by atoms with van der Waals surface area (Å²) in [5.74, 6) is 0. The fraction of sp³-hybridized carbons (Fsp3) is 0.0714. The predicted octanol–water partition coefficient (Wildman–Crippen LogP) is 1.57. The second-order valence-corrected chi connectivity index (χ2v) is 5.63. The van der Waals surface area contributed by atoms with E-state index in [1.165, 1.54) is 9.91 Å². The number of hydrogen-bond acceptors (Lipinski definition) is 1. The van der Waals surface area contributed by atoms with Crippen molar-refractivity contribution in [1.82, 2.24) is 5.32 Å². The Bertz CT molecular complexity index is 437. The average Bonchev–Trinajstić information content (AvgIpc) is 2.37. The molecular formula is C14H14AsN. The molecule has 0 aromatic heterocycles. The molecule has 0 aliphatic heterocycles. The number of nitrogens with one attached hydrogen (secondary N) is 1. The van der Waals surface area contributed by atoms with Gasteiger partial charge in [0.25, 0.3) is 0 Å². The Morgan fingerprint density at radius 2 is 1.50 bits per heavy atom. The van der Waals surface area contributed by atoms with Crippen molar-refractivity contribution in [1.29, 1.82) is 0 Å². The Morgan fingerprint density at radius 1 is 0.875 bits per heavy atom. The summed E-state index contributed by atoms with van der Waals surface area (Å²) in [6.45, 7) is 0.920. The number of hydrogen-bond donors (Lipinski definition) is 1. The first kappa shape index (κ1) is 11.3. The van der Waals surface area contributed by atoms with Gasteiger partial charge in [-0.25, -0.2) is 0 Å². The van der Waals surface area contributed by atoms with E-state index in [0.29, 0.717) is 0 Å². The molecule has 2 aromatic carbocycles. The topological polar surface area (TPSA) is 12.0 Å². The van der Waals surface area contributed by atoms with E-state index in [9.17, 15) is 0 Å². The minimum absolute atomic E-state index is 0.136. The molecule has 2 rings (SSSR count). The summed E-state index contributed by atoms with van der Waals surface area (Å²) >= 11 is 0.136. The van der Waals surface area contributed by atoms with Crippen LogP contribution in [0.5, 0.6) is 0 Å². The summed E-state index contributed by atoms with van der Waals surface area (Å²) in [7, 11) is 0. The van der Waals surface area contributed by atoms with Gasteiger partial charge in [0.15, 0.2) is 0 Å². The van der Waals surface area contributed by atoms with E-state index in [-0.39, 0.29) is 15.3 Å². The number of benzene rings is 2.